The molecule has 1 saturated carbocycles. The Bertz CT molecular complexity index is 959. The van der Waals surface area contributed by atoms with Crippen LogP contribution in [0.5, 0.6) is 5.75 Å². The number of rotatable bonds is 7. The van der Waals surface area contributed by atoms with E-state index < -0.39 is 38.6 Å². The summed E-state index contributed by atoms with van der Waals surface area (Å²) in [5.74, 6) is -0.951. The smallest absolute Gasteiger partial charge is 0.214 e. The van der Waals surface area contributed by atoms with Gasteiger partial charge in [0.05, 0.1) is 11.3 Å². The molecule has 2 atom stereocenters. The first-order valence-electron chi connectivity index (χ1n) is 9.98. The second-order valence-electron chi connectivity index (χ2n) is 7.96. The van der Waals surface area contributed by atoms with E-state index in [1.807, 2.05) is 0 Å². The van der Waals surface area contributed by atoms with Crippen molar-refractivity contribution in [3.63, 3.8) is 0 Å². The molecule has 0 radical (unpaired) electrons. The minimum absolute atomic E-state index is 0.0361. The van der Waals surface area contributed by atoms with Crippen LogP contribution in [0.3, 0.4) is 0 Å². The minimum atomic E-state index is -3.61. The molecule has 164 valence electrons. The molecule has 4 nitrogen and oxygen atoms in total. The molecule has 0 aromatic heterocycles. The van der Waals surface area contributed by atoms with Crippen molar-refractivity contribution in [1.29, 1.82) is 0 Å². The number of halogens is 3. The predicted molar refractivity (Wildman–Crippen MR) is 109 cm³/mol. The quantitative estimate of drug-likeness (QED) is 0.659. The second kappa shape index (κ2) is 8.98. The number of ether oxygens (including phenoxy) is 1. The molecule has 8 heteroatoms. The van der Waals surface area contributed by atoms with E-state index in [-0.39, 0.29) is 13.0 Å². The third-order valence-corrected chi connectivity index (χ3v) is 7.28. The number of nitrogens with one attached hydrogen (secondary N) is 1. The maximum absolute atomic E-state index is 16.0. The molecule has 2 aromatic carbocycles. The van der Waals surface area contributed by atoms with Crippen LogP contribution in [0.1, 0.15) is 50.7 Å². The van der Waals surface area contributed by atoms with Crippen LogP contribution in [-0.4, -0.2) is 19.7 Å². The third-order valence-electron chi connectivity index (χ3n) is 5.42. The van der Waals surface area contributed by atoms with Crippen molar-refractivity contribution in [3.05, 3.63) is 65.2 Å². The molecule has 0 spiro atoms. The van der Waals surface area contributed by atoms with E-state index in [4.69, 9.17) is 4.74 Å². The van der Waals surface area contributed by atoms with Gasteiger partial charge in [-0.25, -0.2) is 26.3 Å². The zero-order chi connectivity index (χ0) is 21.9. The van der Waals surface area contributed by atoms with Gasteiger partial charge >= 0.3 is 0 Å². The summed E-state index contributed by atoms with van der Waals surface area (Å²) in [5.41, 5.74) is -1.10. The average Bonchev–Trinajstić information content (AvgIpc) is 2.68. The summed E-state index contributed by atoms with van der Waals surface area (Å²) in [6, 6.07) is 8.62. The van der Waals surface area contributed by atoms with Gasteiger partial charge in [-0.3, -0.25) is 0 Å². The molecule has 3 rings (SSSR count). The monoisotopic (exact) mass is 441 g/mol. The fourth-order valence-corrected chi connectivity index (χ4v) is 4.63. The van der Waals surface area contributed by atoms with Crippen LogP contribution < -0.4 is 9.46 Å². The molecule has 0 heterocycles. The van der Waals surface area contributed by atoms with Gasteiger partial charge in [-0.15, -0.1) is 0 Å². The first-order valence-corrected chi connectivity index (χ1v) is 11.5. The van der Waals surface area contributed by atoms with E-state index in [2.05, 4.69) is 4.72 Å². The average molecular weight is 442 g/mol. The Kier molecular flexibility index (Phi) is 6.77. The molecule has 1 fully saturated rings. The molecular weight excluding hydrogens is 415 g/mol. The standard InChI is InChI=1S/C22H26F3NO3S/c1-15(2)30(27,28)26-21-5-3-4-10-22(21,25)17-6-8-20(9-7-17)29-14-16-11-18(23)13-19(24)12-16/h6-9,11-13,15,21,26H,3-5,10,14H2,1-2H3/t21-,22+/m1/s1. The lowest BCUT2D eigenvalue weighted by Crippen LogP contribution is -2.51. The van der Waals surface area contributed by atoms with E-state index in [9.17, 15) is 17.2 Å². The number of hydrogen-bond acceptors (Lipinski definition) is 3. The molecule has 1 aliphatic rings. The number of benzene rings is 2. The molecule has 0 aliphatic heterocycles. The SMILES string of the molecule is CC(C)S(=O)(=O)N[C@@H]1CCCC[C@]1(F)c1ccc(OCc2cc(F)cc(F)c2)cc1. The van der Waals surface area contributed by atoms with Crippen molar-refractivity contribution in [3.8, 4) is 5.75 Å². The Morgan fingerprint density at radius 3 is 2.33 bits per heavy atom. The Labute approximate surface area is 175 Å². The van der Waals surface area contributed by atoms with Crippen molar-refractivity contribution >= 4 is 10.0 Å². The summed E-state index contributed by atoms with van der Waals surface area (Å²) in [5, 5.41) is -0.646. The van der Waals surface area contributed by atoms with Crippen molar-refractivity contribution in [1.82, 2.24) is 4.72 Å². The van der Waals surface area contributed by atoms with E-state index in [0.717, 1.165) is 12.5 Å². The van der Waals surface area contributed by atoms with Gasteiger partial charge in [0.15, 0.2) is 5.67 Å². The van der Waals surface area contributed by atoms with Gasteiger partial charge in [-0.05, 0) is 68.5 Å². The van der Waals surface area contributed by atoms with Gasteiger partial charge in [0, 0.05) is 6.07 Å². The zero-order valence-electron chi connectivity index (χ0n) is 17.0. The Morgan fingerprint density at radius 1 is 1.10 bits per heavy atom. The van der Waals surface area contributed by atoms with E-state index in [1.165, 1.54) is 12.1 Å². The highest BCUT2D eigenvalue weighted by atomic mass is 32.2. The normalized spacial score (nSPS) is 22.3. The Hall–Kier alpha value is -2.06. The minimum Gasteiger partial charge on any atom is -0.489 e. The fraction of sp³-hybridized carbons (Fsp3) is 0.455. The first-order chi connectivity index (χ1) is 14.1. The highest BCUT2D eigenvalue weighted by Gasteiger charge is 2.44. The summed E-state index contributed by atoms with van der Waals surface area (Å²) in [7, 11) is -3.61. The summed E-state index contributed by atoms with van der Waals surface area (Å²) >= 11 is 0. The van der Waals surface area contributed by atoms with Gasteiger partial charge in [-0.1, -0.05) is 18.6 Å². The van der Waals surface area contributed by atoms with Crippen molar-refractivity contribution in [2.75, 3.05) is 0 Å². The molecule has 0 saturated heterocycles. The maximum Gasteiger partial charge on any atom is 0.214 e. The predicted octanol–water partition coefficient (Wildman–Crippen LogP) is 4.98. The summed E-state index contributed by atoms with van der Waals surface area (Å²) in [4.78, 5) is 0. The van der Waals surface area contributed by atoms with Crippen LogP contribution in [0.2, 0.25) is 0 Å². The van der Waals surface area contributed by atoms with Crippen LogP contribution >= 0.6 is 0 Å². The molecule has 1 N–H and O–H groups in total. The van der Waals surface area contributed by atoms with Gasteiger partial charge in [0.25, 0.3) is 0 Å². The molecule has 0 unspecified atom stereocenters. The fourth-order valence-electron chi connectivity index (χ4n) is 3.66. The second-order valence-corrected chi connectivity index (χ2v) is 10.2. The first kappa shape index (κ1) is 22.6. The van der Waals surface area contributed by atoms with Crippen molar-refractivity contribution in [2.45, 2.75) is 63.1 Å². The lowest BCUT2D eigenvalue weighted by Gasteiger charge is -2.38. The molecule has 2 aromatic rings. The number of alkyl halides is 1. The molecular formula is C22H26F3NO3S. The number of hydrogen-bond donors (Lipinski definition) is 1. The van der Waals surface area contributed by atoms with E-state index in [0.29, 0.717) is 29.7 Å². The molecule has 30 heavy (non-hydrogen) atoms. The van der Waals surface area contributed by atoms with Gasteiger partial charge in [0.1, 0.15) is 24.0 Å². The lowest BCUT2D eigenvalue weighted by atomic mass is 9.77. The van der Waals surface area contributed by atoms with Crippen LogP contribution in [0.25, 0.3) is 0 Å². The molecule has 0 bridgehead atoms. The van der Waals surface area contributed by atoms with Gasteiger partial charge < -0.3 is 4.74 Å². The van der Waals surface area contributed by atoms with Crippen molar-refractivity contribution in [2.24, 2.45) is 0 Å². The van der Waals surface area contributed by atoms with Crippen LogP contribution in [0.4, 0.5) is 13.2 Å². The van der Waals surface area contributed by atoms with Crippen LogP contribution in [-0.2, 0) is 22.3 Å². The highest BCUT2D eigenvalue weighted by Crippen LogP contribution is 2.42. The van der Waals surface area contributed by atoms with Gasteiger partial charge in [0.2, 0.25) is 10.0 Å². The Morgan fingerprint density at radius 2 is 1.73 bits per heavy atom. The van der Waals surface area contributed by atoms with E-state index in [1.54, 1.807) is 38.1 Å². The van der Waals surface area contributed by atoms with Gasteiger partial charge in [-0.2, -0.15) is 0 Å². The summed E-state index contributed by atoms with van der Waals surface area (Å²) < 4.78 is 75.2. The number of sulfonamides is 1. The largest absolute Gasteiger partial charge is 0.489 e. The van der Waals surface area contributed by atoms with Crippen LogP contribution in [0, 0.1) is 11.6 Å². The molecule has 0 amide bonds. The van der Waals surface area contributed by atoms with Crippen molar-refractivity contribution < 1.29 is 26.3 Å². The Balaban J connectivity index is 1.74. The highest BCUT2D eigenvalue weighted by molar-refractivity contribution is 7.90. The maximum atomic E-state index is 16.0. The summed E-state index contributed by atoms with van der Waals surface area (Å²) in [6.07, 6.45) is 2.06. The third kappa shape index (κ3) is 5.16. The lowest BCUT2D eigenvalue weighted by molar-refractivity contribution is 0.0711. The van der Waals surface area contributed by atoms with E-state index >= 15 is 4.39 Å². The topological polar surface area (TPSA) is 55.4 Å². The zero-order valence-corrected chi connectivity index (χ0v) is 17.8. The van der Waals surface area contributed by atoms with Crippen LogP contribution in [0.15, 0.2) is 42.5 Å². The summed E-state index contributed by atoms with van der Waals surface area (Å²) in [6.45, 7) is 3.08. The molecule has 1 aliphatic carbocycles.